The number of hydrogen-bond acceptors (Lipinski definition) is 7. The van der Waals surface area contributed by atoms with Crippen molar-refractivity contribution in [1.29, 1.82) is 0 Å². The first-order chi connectivity index (χ1) is 16.5. The fraction of sp³-hybridized carbons (Fsp3) is 0.385. The van der Waals surface area contributed by atoms with Gasteiger partial charge in [-0.1, -0.05) is 18.2 Å². The quantitative estimate of drug-likeness (QED) is 0.440. The Morgan fingerprint density at radius 2 is 1.94 bits per heavy atom. The number of ether oxygens (including phenoxy) is 2. The van der Waals surface area contributed by atoms with Gasteiger partial charge in [0.25, 0.3) is 5.91 Å². The molecule has 1 atom stereocenters. The van der Waals surface area contributed by atoms with E-state index in [-0.39, 0.29) is 29.6 Å². The van der Waals surface area contributed by atoms with Crippen molar-refractivity contribution >= 4 is 28.2 Å². The lowest BCUT2D eigenvalue weighted by atomic mass is 9.91. The molecular formula is C26H30N2O5S. The number of piperidine rings is 1. The number of anilines is 1. The van der Waals surface area contributed by atoms with Crippen molar-refractivity contribution < 1.29 is 23.5 Å². The molecule has 4 rings (SSSR count). The normalized spacial score (nSPS) is 15.6. The van der Waals surface area contributed by atoms with Crippen LogP contribution in [0.4, 0.5) is 5.00 Å². The Hall–Kier alpha value is -3.10. The minimum Gasteiger partial charge on any atom is -0.496 e. The van der Waals surface area contributed by atoms with Gasteiger partial charge in [0, 0.05) is 16.0 Å². The fourth-order valence-corrected chi connectivity index (χ4v) is 5.45. The molecule has 1 unspecified atom stereocenters. The molecule has 1 amide bonds. The first-order valence-electron chi connectivity index (χ1n) is 11.5. The Kier molecular flexibility index (Phi) is 7.70. The summed E-state index contributed by atoms with van der Waals surface area (Å²) in [6.07, 6.45) is 2.93. The number of esters is 1. The summed E-state index contributed by atoms with van der Waals surface area (Å²) in [4.78, 5) is 28.5. The topological polar surface area (TPSA) is 81.0 Å². The summed E-state index contributed by atoms with van der Waals surface area (Å²) in [7, 11) is 1.67. The molecule has 1 N–H and O–H groups in total. The van der Waals surface area contributed by atoms with Crippen LogP contribution in [-0.4, -0.2) is 43.6 Å². The van der Waals surface area contributed by atoms with Crippen molar-refractivity contribution in [1.82, 2.24) is 4.90 Å². The van der Waals surface area contributed by atoms with Gasteiger partial charge in [0.05, 0.1) is 31.9 Å². The Bertz CT molecular complexity index is 1120. The lowest BCUT2D eigenvalue weighted by Crippen LogP contribution is -2.40. The number of carbonyl (C=O) groups is 2. The molecule has 0 aliphatic carbocycles. The number of aryl methyl sites for hydroxylation is 1. The van der Waals surface area contributed by atoms with Gasteiger partial charge in [-0.3, -0.25) is 14.5 Å². The van der Waals surface area contributed by atoms with Gasteiger partial charge in [0.1, 0.15) is 10.8 Å². The van der Waals surface area contributed by atoms with E-state index in [0.717, 1.165) is 52.7 Å². The predicted octanol–water partition coefficient (Wildman–Crippen LogP) is 5.27. The maximum absolute atomic E-state index is 12.8. The molecule has 1 saturated heterocycles. The summed E-state index contributed by atoms with van der Waals surface area (Å²) in [6.45, 7) is 5.72. The van der Waals surface area contributed by atoms with Crippen molar-refractivity contribution in [3.63, 3.8) is 0 Å². The van der Waals surface area contributed by atoms with E-state index in [0.29, 0.717) is 6.61 Å². The van der Waals surface area contributed by atoms with Gasteiger partial charge in [-0.2, -0.15) is 0 Å². The number of nitrogens with zero attached hydrogens (tertiary/aromatic N) is 1. The smallest absolute Gasteiger partial charge is 0.309 e. The highest BCUT2D eigenvalue weighted by Crippen LogP contribution is 2.43. The van der Waals surface area contributed by atoms with E-state index < -0.39 is 0 Å². The van der Waals surface area contributed by atoms with Crippen LogP contribution in [0.5, 0.6) is 5.75 Å². The molecule has 1 aliphatic heterocycles. The molecule has 180 valence electrons. The highest BCUT2D eigenvalue weighted by molar-refractivity contribution is 7.16. The molecule has 8 heteroatoms. The third-order valence-corrected chi connectivity index (χ3v) is 7.08. The molecule has 0 radical (unpaired) electrons. The number of benzene rings is 1. The first kappa shape index (κ1) is 24.0. The molecule has 0 spiro atoms. The molecule has 3 heterocycles. The van der Waals surface area contributed by atoms with Crippen molar-refractivity contribution in [2.75, 3.05) is 32.1 Å². The van der Waals surface area contributed by atoms with Gasteiger partial charge in [-0.05, 0) is 64.0 Å². The summed E-state index contributed by atoms with van der Waals surface area (Å²) in [5.41, 5.74) is 2.02. The Morgan fingerprint density at radius 1 is 1.18 bits per heavy atom. The molecule has 2 aromatic heterocycles. The van der Waals surface area contributed by atoms with E-state index in [1.807, 2.05) is 32.0 Å². The van der Waals surface area contributed by atoms with Crippen LogP contribution in [0.2, 0.25) is 0 Å². The van der Waals surface area contributed by atoms with Crippen LogP contribution >= 0.6 is 11.3 Å². The SMILES string of the molecule is CCOC(=O)C1CCN(C(c2ccccc2OC)c2cc(C)sc2NC(=O)c2ccco2)CC1. The van der Waals surface area contributed by atoms with Crippen LogP contribution in [0.1, 0.15) is 52.4 Å². The van der Waals surface area contributed by atoms with E-state index in [2.05, 4.69) is 22.3 Å². The van der Waals surface area contributed by atoms with Gasteiger partial charge in [0.2, 0.25) is 0 Å². The van der Waals surface area contributed by atoms with E-state index in [1.54, 1.807) is 19.2 Å². The number of thiophene rings is 1. The lowest BCUT2D eigenvalue weighted by Gasteiger charge is -2.37. The van der Waals surface area contributed by atoms with Crippen LogP contribution in [-0.2, 0) is 9.53 Å². The van der Waals surface area contributed by atoms with Gasteiger partial charge < -0.3 is 19.2 Å². The van der Waals surface area contributed by atoms with Crippen LogP contribution < -0.4 is 10.1 Å². The maximum atomic E-state index is 12.8. The lowest BCUT2D eigenvalue weighted by molar-refractivity contribution is -0.149. The van der Waals surface area contributed by atoms with E-state index >= 15 is 0 Å². The van der Waals surface area contributed by atoms with Crippen LogP contribution in [0.15, 0.2) is 53.1 Å². The largest absolute Gasteiger partial charge is 0.496 e. The Labute approximate surface area is 203 Å². The first-order valence-corrected chi connectivity index (χ1v) is 12.3. The standard InChI is InChI=1S/C26H30N2O5S/c1-4-32-26(30)18-11-13-28(14-12-18)23(19-8-5-6-9-21(19)31-3)20-16-17(2)34-25(20)27-24(29)22-10-7-15-33-22/h5-10,15-16,18,23H,4,11-14H2,1-3H3,(H,27,29). The average Bonchev–Trinajstić information content (AvgIpc) is 3.51. The van der Waals surface area contributed by atoms with Crippen LogP contribution in [0.25, 0.3) is 0 Å². The second-order valence-electron chi connectivity index (χ2n) is 8.28. The van der Waals surface area contributed by atoms with Crippen molar-refractivity contribution in [2.24, 2.45) is 5.92 Å². The average molecular weight is 483 g/mol. The van der Waals surface area contributed by atoms with Crippen molar-refractivity contribution in [3.8, 4) is 5.75 Å². The number of methoxy groups -OCH3 is 1. The molecule has 1 aliphatic rings. The maximum Gasteiger partial charge on any atom is 0.309 e. The Balaban J connectivity index is 1.68. The van der Waals surface area contributed by atoms with E-state index in [1.165, 1.54) is 17.6 Å². The third-order valence-electron chi connectivity index (χ3n) is 6.10. The van der Waals surface area contributed by atoms with Crippen LogP contribution in [0.3, 0.4) is 0 Å². The monoisotopic (exact) mass is 482 g/mol. The van der Waals surface area contributed by atoms with Crippen molar-refractivity contribution in [3.05, 3.63) is 70.5 Å². The number of hydrogen-bond donors (Lipinski definition) is 1. The zero-order chi connectivity index (χ0) is 24.1. The fourth-order valence-electron chi connectivity index (χ4n) is 4.51. The molecule has 0 saturated carbocycles. The number of carbonyl (C=O) groups excluding carboxylic acids is 2. The summed E-state index contributed by atoms with van der Waals surface area (Å²) in [6, 6.07) is 13.3. The van der Waals surface area contributed by atoms with Gasteiger partial charge in [-0.15, -0.1) is 11.3 Å². The van der Waals surface area contributed by atoms with Gasteiger partial charge >= 0.3 is 5.97 Å². The molecule has 34 heavy (non-hydrogen) atoms. The predicted molar refractivity (Wildman–Crippen MR) is 131 cm³/mol. The molecule has 7 nitrogen and oxygen atoms in total. The number of likely N-dealkylation sites (tertiary alicyclic amines) is 1. The third kappa shape index (κ3) is 5.18. The van der Waals surface area contributed by atoms with Gasteiger partial charge in [-0.25, -0.2) is 0 Å². The van der Waals surface area contributed by atoms with Gasteiger partial charge in [0.15, 0.2) is 5.76 Å². The molecule has 1 fully saturated rings. The number of rotatable bonds is 8. The molecular weight excluding hydrogens is 452 g/mol. The second-order valence-corrected chi connectivity index (χ2v) is 9.54. The summed E-state index contributed by atoms with van der Waals surface area (Å²) in [5, 5.41) is 3.83. The Morgan fingerprint density at radius 3 is 2.62 bits per heavy atom. The number of amides is 1. The van der Waals surface area contributed by atoms with E-state index in [4.69, 9.17) is 13.9 Å². The zero-order valence-electron chi connectivity index (χ0n) is 19.7. The number of nitrogens with one attached hydrogen (secondary N) is 1. The van der Waals surface area contributed by atoms with E-state index in [9.17, 15) is 9.59 Å². The molecule has 1 aromatic carbocycles. The molecule has 0 bridgehead atoms. The number of furan rings is 1. The molecule has 3 aromatic rings. The summed E-state index contributed by atoms with van der Waals surface area (Å²) < 4.78 is 16.3. The minimum atomic E-state index is -0.284. The zero-order valence-corrected chi connectivity index (χ0v) is 20.5. The second kappa shape index (κ2) is 10.9. The van der Waals surface area contributed by atoms with Crippen molar-refractivity contribution in [2.45, 2.75) is 32.7 Å². The minimum absolute atomic E-state index is 0.0862. The van der Waals surface area contributed by atoms with Crippen LogP contribution in [0, 0.1) is 12.8 Å². The highest BCUT2D eigenvalue weighted by Gasteiger charge is 2.34. The summed E-state index contributed by atoms with van der Waals surface area (Å²) >= 11 is 1.54. The number of para-hydroxylation sites is 1. The highest BCUT2D eigenvalue weighted by atomic mass is 32.1. The summed E-state index contributed by atoms with van der Waals surface area (Å²) in [5.74, 6) is 0.562.